The lowest BCUT2D eigenvalue weighted by molar-refractivity contribution is 0.0902. The number of nitrogens with one attached hydrogen (secondary N) is 1. The zero-order valence-electron chi connectivity index (χ0n) is 10.6. The molecule has 0 fully saturated rings. The molecule has 0 radical (unpaired) electrons. The fraction of sp³-hybridized carbons (Fsp3) is 0.357. The molecule has 0 saturated carbocycles. The summed E-state index contributed by atoms with van der Waals surface area (Å²) in [5.41, 5.74) is 6.35. The van der Waals surface area contributed by atoms with E-state index in [0.717, 1.165) is 11.0 Å². The van der Waals surface area contributed by atoms with E-state index in [1.165, 1.54) is 0 Å². The van der Waals surface area contributed by atoms with Gasteiger partial charge in [0.1, 0.15) is 5.58 Å². The SMILES string of the molecule is CC(C)C(CN)NC(=O)c1cc2ccccc2o1. The molecule has 4 nitrogen and oxygen atoms in total. The number of hydrogen-bond acceptors (Lipinski definition) is 3. The minimum absolute atomic E-state index is 0.0364. The van der Waals surface area contributed by atoms with Gasteiger partial charge in [-0.1, -0.05) is 32.0 Å². The van der Waals surface area contributed by atoms with Crippen molar-refractivity contribution in [1.29, 1.82) is 0 Å². The Labute approximate surface area is 106 Å². The van der Waals surface area contributed by atoms with E-state index in [0.29, 0.717) is 18.2 Å². The maximum Gasteiger partial charge on any atom is 0.287 e. The number of furan rings is 1. The molecular formula is C14H18N2O2. The lowest BCUT2D eigenvalue weighted by Gasteiger charge is -2.19. The summed E-state index contributed by atoms with van der Waals surface area (Å²) >= 11 is 0. The molecule has 1 aromatic heterocycles. The van der Waals surface area contributed by atoms with E-state index in [2.05, 4.69) is 5.32 Å². The van der Waals surface area contributed by atoms with Crippen molar-refractivity contribution in [3.63, 3.8) is 0 Å². The van der Waals surface area contributed by atoms with Gasteiger partial charge in [0, 0.05) is 18.0 Å². The quantitative estimate of drug-likeness (QED) is 0.868. The highest BCUT2D eigenvalue weighted by molar-refractivity contribution is 5.96. The van der Waals surface area contributed by atoms with Crippen LogP contribution in [0.1, 0.15) is 24.4 Å². The van der Waals surface area contributed by atoms with Gasteiger partial charge in [-0.2, -0.15) is 0 Å². The van der Waals surface area contributed by atoms with Crippen LogP contribution < -0.4 is 11.1 Å². The molecule has 1 unspecified atom stereocenters. The lowest BCUT2D eigenvalue weighted by Crippen LogP contribution is -2.43. The number of hydrogen-bond donors (Lipinski definition) is 2. The molecule has 0 spiro atoms. The van der Waals surface area contributed by atoms with Gasteiger partial charge >= 0.3 is 0 Å². The third-order valence-electron chi connectivity index (χ3n) is 3.02. The molecule has 3 N–H and O–H groups in total. The fourth-order valence-electron chi connectivity index (χ4n) is 1.83. The zero-order chi connectivity index (χ0) is 13.1. The molecular weight excluding hydrogens is 228 g/mol. The van der Waals surface area contributed by atoms with Crippen LogP contribution in [0.2, 0.25) is 0 Å². The number of nitrogens with two attached hydrogens (primary N) is 1. The second-order valence-electron chi connectivity index (χ2n) is 4.71. The summed E-state index contributed by atoms with van der Waals surface area (Å²) in [5, 5.41) is 3.81. The van der Waals surface area contributed by atoms with Crippen LogP contribution >= 0.6 is 0 Å². The molecule has 0 aliphatic rings. The van der Waals surface area contributed by atoms with Crippen molar-refractivity contribution in [2.24, 2.45) is 11.7 Å². The number of carbonyl (C=O) groups is 1. The van der Waals surface area contributed by atoms with Gasteiger partial charge in [0.15, 0.2) is 5.76 Å². The Bertz CT molecular complexity index is 512. The second kappa shape index (κ2) is 5.23. The average molecular weight is 246 g/mol. The van der Waals surface area contributed by atoms with Gasteiger partial charge in [0.05, 0.1) is 0 Å². The van der Waals surface area contributed by atoms with Gasteiger partial charge in [0.2, 0.25) is 0 Å². The third-order valence-corrected chi connectivity index (χ3v) is 3.02. The van der Waals surface area contributed by atoms with Crippen molar-refractivity contribution in [3.05, 3.63) is 36.1 Å². The molecule has 1 aromatic carbocycles. The number of fused-ring (bicyclic) bond motifs is 1. The molecule has 0 aliphatic heterocycles. The maximum atomic E-state index is 12.0. The smallest absolute Gasteiger partial charge is 0.287 e. The monoisotopic (exact) mass is 246 g/mol. The van der Waals surface area contributed by atoms with Crippen LogP contribution in [0.5, 0.6) is 0 Å². The summed E-state index contributed by atoms with van der Waals surface area (Å²) in [5.74, 6) is 0.411. The van der Waals surface area contributed by atoms with E-state index in [-0.39, 0.29) is 11.9 Å². The first-order valence-corrected chi connectivity index (χ1v) is 6.11. The second-order valence-corrected chi connectivity index (χ2v) is 4.71. The van der Waals surface area contributed by atoms with E-state index in [9.17, 15) is 4.79 Å². The Kier molecular flexibility index (Phi) is 3.67. The first-order chi connectivity index (χ1) is 8.61. The van der Waals surface area contributed by atoms with E-state index in [1.54, 1.807) is 6.07 Å². The van der Waals surface area contributed by atoms with Gasteiger partial charge in [-0.05, 0) is 18.1 Å². The molecule has 0 aliphatic carbocycles. The van der Waals surface area contributed by atoms with Gasteiger partial charge in [0.25, 0.3) is 5.91 Å². The van der Waals surface area contributed by atoms with Crippen LogP contribution in [-0.4, -0.2) is 18.5 Å². The molecule has 96 valence electrons. The van der Waals surface area contributed by atoms with Crippen molar-refractivity contribution in [1.82, 2.24) is 5.32 Å². The van der Waals surface area contributed by atoms with Crippen LogP contribution in [-0.2, 0) is 0 Å². The molecule has 1 heterocycles. The van der Waals surface area contributed by atoms with Gasteiger partial charge in [-0.3, -0.25) is 4.79 Å². The topological polar surface area (TPSA) is 68.3 Å². The molecule has 2 rings (SSSR count). The van der Waals surface area contributed by atoms with E-state index in [1.807, 2.05) is 38.1 Å². The number of amides is 1. The van der Waals surface area contributed by atoms with Crippen molar-refractivity contribution in [2.45, 2.75) is 19.9 Å². The highest BCUT2D eigenvalue weighted by Gasteiger charge is 2.18. The van der Waals surface area contributed by atoms with Crippen LogP contribution in [0, 0.1) is 5.92 Å². The molecule has 2 aromatic rings. The van der Waals surface area contributed by atoms with Crippen LogP contribution in [0.25, 0.3) is 11.0 Å². The summed E-state index contributed by atoms with van der Waals surface area (Å²) in [4.78, 5) is 12.0. The van der Waals surface area contributed by atoms with E-state index < -0.39 is 0 Å². The minimum atomic E-state index is -0.213. The van der Waals surface area contributed by atoms with Crippen molar-refractivity contribution in [2.75, 3.05) is 6.54 Å². The van der Waals surface area contributed by atoms with Gasteiger partial charge < -0.3 is 15.5 Å². The first kappa shape index (κ1) is 12.6. The largest absolute Gasteiger partial charge is 0.451 e. The average Bonchev–Trinajstić information content (AvgIpc) is 2.79. The standard InChI is InChI=1S/C14H18N2O2/c1-9(2)11(8-15)16-14(17)13-7-10-5-3-4-6-12(10)18-13/h3-7,9,11H,8,15H2,1-2H3,(H,16,17). The number of rotatable bonds is 4. The first-order valence-electron chi connectivity index (χ1n) is 6.11. The van der Waals surface area contributed by atoms with Crippen LogP contribution in [0.3, 0.4) is 0 Å². The Morgan fingerprint density at radius 1 is 1.39 bits per heavy atom. The molecule has 1 amide bonds. The van der Waals surface area contributed by atoms with Crippen molar-refractivity contribution in [3.8, 4) is 0 Å². The van der Waals surface area contributed by atoms with E-state index in [4.69, 9.17) is 10.2 Å². The van der Waals surface area contributed by atoms with Gasteiger partial charge in [-0.25, -0.2) is 0 Å². The Morgan fingerprint density at radius 2 is 2.11 bits per heavy atom. The maximum absolute atomic E-state index is 12.0. The normalized spacial score (nSPS) is 12.9. The lowest BCUT2D eigenvalue weighted by atomic mass is 10.0. The fourth-order valence-corrected chi connectivity index (χ4v) is 1.83. The van der Waals surface area contributed by atoms with Crippen molar-refractivity contribution >= 4 is 16.9 Å². The Balaban J connectivity index is 2.18. The predicted molar refractivity (Wildman–Crippen MR) is 71.4 cm³/mol. The van der Waals surface area contributed by atoms with E-state index >= 15 is 0 Å². The van der Waals surface area contributed by atoms with Crippen LogP contribution in [0.15, 0.2) is 34.7 Å². The molecule has 0 saturated heterocycles. The molecule has 18 heavy (non-hydrogen) atoms. The van der Waals surface area contributed by atoms with Gasteiger partial charge in [-0.15, -0.1) is 0 Å². The number of benzene rings is 1. The number of carbonyl (C=O) groups excluding carboxylic acids is 1. The summed E-state index contributed by atoms with van der Waals surface area (Å²) in [7, 11) is 0. The highest BCUT2D eigenvalue weighted by Crippen LogP contribution is 2.18. The Hall–Kier alpha value is -1.81. The molecule has 1 atom stereocenters. The molecule has 4 heteroatoms. The Morgan fingerprint density at radius 3 is 2.72 bits per heavy atom. The summed E-state index contributed by atoms with van der Waals surface area (Å²) in [6.45, 7) is 4.47. The summed E-state index contributed by atoms with van der Waals surface area (Å²) in [6, 6.07) is 9.26. The third kappa shape index (κ3) is 2.54. The van der Waals surface area contributed by atoms with Crippen LogP contribution in [0.4, 0.5) is 0 Å². The number of para-hydroxylation sites is 1. The molecule has 0 bridgehead atoms. The minimum Gasteiger partial charge on any atom is -0.451 e. The summed E-state index contributed by atoms with van der Waals surface area (Å²) in [6.07, 6.45) is 0. The van der Waals surface area contributed by atoms with Crippen molar-refractivity contribution < 1.29 is 9.21 Å². The summed E-state index contributed by atoms with van der Waals surface area (Å²) < 4.78 is 5.50. The predicted octanol–water partition coefficient (Wildman–Crippen LogP) is 2.15. The highest BCUT2D eigenvalue weighted by atomic mass is 16.3. The zero-order valence-corrected chi connectivity index (χ0v) is 10.6.